The zero-order valence-electron chi connectivity index (χ0n) is 18.7. The Balaban J connectivity index is 1.21. The molecule has 0 bridgehead atoms. The number of nitrogens with one attached hydrogen (secondary N) is 1. The number of fused-ring (bicyclic) bond motifs is 1. The molecular weight excluding hydrogens is 485 g/mol. The van der Waals surface area contributed by atoms with Crippen LogP contribution in [0.25, 0.3) is 10.9 Å². The van der Waals surface area contributed by atoms with Crippen molar-refractivity contribution < 1.29 is 14.3 Å². The summed E-state index contributed by atoms with van der Waals surface area (Å²) in [5.41, 5.74) is 1.72. The van der Waals surface area contributed by atoms with Crippen LogP contribution in [-0.2, 0) is 5.60 Å². The van der Waals surface area contributed by atoms with Gasteiger partial charge in [-0.1, -0.05) is 35.9 Å². The van der Waals surface area contributed by atoms with Crippen LogP contribution in [-0.4, -0.2) is 34.0 Å². The number of anilines is 1. The summed E-state index contributed by atoms with van der Waals surface area (Å²) in [5.74, 6) is -0.567. The molecule has 0 spiro atoms. The fraction of sp³-hybridized carbons (Fsp3) is 0.185. The molecule has 4 aromatic rings. The topological polar surface area (TPSA) is 65.5 Å². The van der Waals surface area contributed by atoms with E-state index in [-0.39, 0.29) is 5.91 Å². The molecule has 0 saturated carbocycles. The van der Waals surface area contributed by atoms with E-state index < -0.39 is 11.5 Å². The van der Waals surface area contributed by atoms with Gasteiger partial charge in [-0.2, -0.15) is 4.39 Å². The molecule has 2 N–H and O–H groups in total. The molecule has 5 nitrogen and oxygen atoms in total. The largest absolute Gasteiger partial charge is 0.385 e. The van der Waals surface area contributed by atoms with Crippen LogP contribution in [0.4, 0.5) is 10.1 Å². The van der Waals surface area contributed by atoms with E-state index in [0.29, 0.717) is 47.6 Å². The number of likely N-dealkylation sites (tertiary alicyclic amines) is 1. The van der Waals surface area contributed by atoms with E-state index in [4.69, 9.17) is 11.6 Å². The fourth-order valence-corrected chi connectivity index (χ4v) is 5.46. The summed E-state index contributed by atoms with van der Waals surface area (Å²) in [7, 11) is 0. The van der Waals surface area contributed by atoms with Gasteiger partial charge in [0.05, 0.1) is 11.1 Å². The van der Waals surface area contributed by atoms with E-state index in [1.807, 2.05) is 42.5 Å². The summed E-state index contributed by atoms with van der Waals surface area (Å²) in [6.45, 7) is 0.901. The molecule has 1 saturated heterocycles. The maximum Gasteiger partial charge on any atom is 0.253 e. The van der Waals surface area contributed by atoms with Crippen LogP contribution in [0.1, 0.15) is 28.8 Å². The number of rotatable bonds is 5. The van der Waals surface area contributed by atoms with Crippen LogP contribution in [0.15, 0.2) is 83.8 Å². The third-order valence-corrected chi connectivity index (χ3v) is 7.56. The number of carbonyl (C=O) groups excluding carboxylic acids is 1. The Bertz CT molecular complexity index is 1370. The number of hydrogen-bond donors (Lipinski definition) is 2. The van der Waals surface area contributed by atoms with Gasteiger partial charge in [-0.15, -0.1) is 0 Å². The predicted octanol–water partition coefficient (Wildman–Crippen LogP) is 6.27. The van der Waals surface area contributed by atoms with Crippen molar-refractivity contribution in [2.45, 2.75) is 23.3 Å². The van der Waals surface area contributed by atoms with Crippen LogP contribution < -0.4 is 4.72 Å². The molecule has 0 unspecified atom stereocenters. The van der Waals surface area contributed by atoms with Crippen LogP contribution >= 0.6 is 23.5 Å². The summed E-state index contributed by atoms with van der Waals surface area (Å²) < 4.78 is 16.7. The van der Waals surface area contributed by atoms with Crippen molar-refractivity contribution in [1.82, 2.24) is 9.88 Å². The van der Waals surface area contributed by atoms with Gasteiger partial charge in [-0.3, -0.25) is 4.79 Å². The zero-order chi connectivity index (χ0) is 24.4. The Labute approximate surface area is 212 Å². The first-order valence-electron chi connectivity index (χ1n) is 11.3. The molecule has 0 aliphatic carbocycles. The predicted molar refractivity (Wildman–Crippen MR) is 138 cm³/mol. The first-order chi connectivity index (χ1) is 16.9. The van der Waals surface area contributed by atoms with Crippen LogP contribution in [0.2, 0.25) is 5.02 Å². The van der Waals surface area contributed by atoms with Gasteiger partial charge < -0.3 is 14.7 Å². The Morgan fingerprint density at radius 3 is 2.49 bits per heavy atom. The van der Waals surface area contributed by atoms with Gasteiger partial charge >= 0.3 is 0 Å². The highest BCUT2D eigenvalue weighted by atomic mass is 35.5. The second kappa shape index (κ2) is 9.85. The lowest BCUT2D eigenvalue weighted by atomic mass is 9.84. The second-order valence-corrected chi connectivity index (χ2v) is 9.80. The molecule has 0 radical (unpaired) electrons. The second-order valence-electron chi connectivity index (χ2n) is 8.54. The number of halogens is 2. The van der Waals surface area contributed by atoms with E-state index >= 15 is 0 Å². The van der Waals surface area contributed by atoms with Crippen molar-refractivity contribution in [1.29, 1.82) is 0 Å². The first kappa shape index (κ1) is 23.6. The van der Waals surface area contributed by atoms with Gasteiger partial charge in [-0.25, -0.2) is 4.98 Å². The Hall–Kier alpha value is -3.13. The lowest BCUT2D eigenvalue weighted by molar-refractivity contribution is -0.0210. The molecule has 178 valence electrons. The van der Waals surface area contributed by atoms with Gasteiger partial charge in [0.1, 0.15) is 0 Å². The quantitative estimate of drug-likeness (QED) is 0.246. The molecule has 1 fully saturated rings. The summed E-state index contributed by atoms with van der Waals surface area (Å²) in [6, 6.07) is 23.2. The molecule has 1 aliphatic rings. The SMILES string of the molecule is O=C(c1ccc(NSc2cccc3nc(F)ccc23)cc1)N1CCC(O)(c2ccccc2Cl)CC1. The summed E-state index contributed by atoms with van der Waals surface area (Å²) in [6.07, 6.45) is 0.866. The summed E-state index contributed by atoms with van der Waals surface area (Å²) >= 11 is 7.69. The Morgan fingerprint density at radius 1 is 1.00 bits per heavy atom. The van der Waals surface area contributed by atoms with Gasteiger partial charge in [-0.05, 0) is 79.4 Å². The lowest BCUT2D eigenvalue weighted by Gasteiger charge is -2.39. The third kappa shape index (κ3) is 4.98. The number of pyridine rings is 1. The molecule has 5 rings (SSSR count). The van der Waals surface area contributed by atoms with E-state index in [0.717, 1.165) is 16.0 Å². The number of benzene rings is 3. The molecule has 1 aromatic heterocycles. The van der Waals surface area contributed by atoms with Crippen molar-refractivity contribution in [3.63, 3.8) is 0 Å². The number of carbonyl (C=O) groups is 1. The Morgan fingerprint density at radius 2 is 1.74 bits per heavy atom. The number of nitrogens with zero attached hydrogens (tertiary/aromatic N) is 2. The van der Waals surface area contributed by atoms with Crippen molar-refractivity contribution in [3.8, 4) is 0 Å². The van der Waals surface area contributed by atoms with Crippen LogP contribution in [0.5, 0.6) is 0 Å². The van der Waals surface area contributed by atoms with E-state index in [2.05, 4.69) is 9.71 Å². The van der Waals surface area contributed by atoms with E-state index in [1.165, 1.54) is 18.0 Å². The standard InChI is InChI=1S/C27H23ClFN3O2S/c28-22-5-2-1-4-21(22)27(34)14-16-32(17-15-27)26(33)18-8-10-19(11-9-18)31-35-24-7-3-6-23-20(24)12-13-25(29)30-23/h1-13,31,34H,14-17H2. The molecule has 35 heavy (non-hydrogen) atoms. The van der Waals surface area contributed by atoms with E-state index in [1.54, 1.807) is 35.2 Å². The first-order valence-corrected chi connectivity index (χ1v) is 12.5. The van der Waals surface area contributed by atoms with Crippen LogP contribution in [0, 0.1) is 5.95 Å². The fourth-order valence-electron chi connectivity index (χ4n) is 4.36. The molecule has 1 amide bonds. The maximum absolute atomic E-state index is 13.4. The minimum Gasteiger partial charge on any atom is -0.385 e. The zero-order valence-corrected chi connectivity index (χ0v) is 20.3. The lowest BCUT2D eigenvalue weighted by Crippen LogP contribution is -2.45. The van der Waals surface area contributed by atoms with Crippen molar-refractivity contribution in [3.05, 3.63) is 101 Å². The molecule has 0 atom stereocenters. The van der Waals surface area contributed by atoms with Crippen molar-refractivity contribution in [2.75, 3.05) is 17.8 Å². The van der Waals surface area contributed by atoms with Gasteiger partial charge in [0.2, 0.25) is 5.95 Å². The average Bonchev–Trinajstić information content (AvgIpc) is 2.88. The van der Waals surface area contributed by atoms with Crippen LogP contribution in [0.3, 0.4) is 0 Å². The summed E-state index contributed by atoms with van der Waals surface area (Å²) in [5, 5.41) is 12.5. The smallest absolute Gasteiger partial charge is 0.253 e. The highest BCUT2D eigenvalue weighted by molar-refractivity contribution is 8.00. The molecule has 3 aromatic carbocycles. The third-order valence-electron chi connectivity index (χ3n) is 6.32. The highest BCUT2D eigenvalue weighted by Gasteiger charge is 2.36. The summed E-state index contributed by atoms with van der Waals surface area (Å²) in [4.78, 5) is 19.7. The van der Waals surface area contributed by atoms with Gasteiger partial charge in [0, 0.05) is 45.2 Å². The average molecular weight is 508 g/mol. The van der Waals surface area contributed by atoms with Crippen molar-refractivity contribution >= 4 is 46.0 Å². The number of aliphatic hydroxyl groups is 1. The number of hydrogen-bond acceptors (Lipinski definition) is 5. The van der Waals surface area contributed by atoms with Gasteiger partial charge in [0.25, 0.3) is 5.91 Å². The minimum absolute atomic E-state index is 0.0624. The molecular formula is C27H23ClFN3O2S. The molecule has 1 aliphatic heterocycles. The number of aromatic nitrogens is 1. The monoisotopic (exact) mass is 507 g/mol. The number of amides is 1. The Kier molecular flexibility index (Phi) is 6.65. The molecule has 2 heterocycles. The highest BCUT2D eigenvalue weighted by Crippen LogP contribution is 2.37. The van der Waals surface area contributed by atoms with Crippen molar-refractivity contribution in [2.24, 2.45) is 0 Å². The minimum atomic E-state index is -1.02. The number of piperidine rings is 1. The normalized spacial score (nSPS) is 15.2. The van der Waals surface area contributed by atoms with Gasteiger partial charge in [0.15, 0.2) is 0 Å². The molecule has 8 heteroatoms. The van der Waals surface area contributed by atoms with E-state index in [9.17, 15) is 14.3 Å². The maximum atomic E-state index is 13.4.